The lowest BCUT2D eigenvalue weighted by molar-refractivity contribution is -0.159. The van der Waals surface area contributed by atoms with Crippen molar-refractivity contribution in [3.63, 3.8) is 0 Å². The first-order chi connectivity index (χ1) is 12.0. The van der Waals surface area contributed by atoms with E-state index in [-0.39, 0.29) is 0 Å². The molecule has 0 saturated carbocycles. The lowest BCUT2D eigenvalue weighted by Crippen LogP contribution is -2.32. The van der Waals surface area contributed by atoms with Gasteiger partial charge in [-0.2, -0.15) is 5.26 Å². The Kier molecular flexibility index (Phi) is 6.51. The van der Waals surface area contributed by atoms with Gasteiger partial charge in [-0.3, -0.25) is 0 Å². The third-order valence-corrected chi connectivity index (χ3v) is 5.46. The van der Waals surface area contributed by atoms with Crippen molar-refractivity contribution in [1.29, 1.82) is 5.26 Å². The van der Waals surface area contributed by atoms with Gasteiger partial charge < -0.3 is 15.1 Å². The van der Waals surface area contributed by atoms with Crippen molar-refractivity contribution in [2.75, 3.05) is 19.6 Å². The molecule has 0 aliphatic carbocycles. The molecule has 0 atom stereocenters. The molecule has 0 radical (unpaired) electrons. The summed E-state index contributed by atoms with van der Waals surface area (Å²) >= 11 is 1.73. The third kappa shape index (κ3) is 4.56. The standard InChI is InChI=1S/C16H18N2S.C2H2O4/c1-2-18-8-6-12(7-9-18)15-11-19-16-13(10-17)4-3-5-14(15)16;3-1(4)2(5)6/h3-5,11-12H,2,6-9H2,1H3;(H,3,4)(H,5,6). The second-order valence-corrected chi connectivity index (χ2v) is 6.68. The number of benzene rings is 1. The molecule has 3 rings (SSSR count). The number of thiophene rings is 1. The third-order valence-electron chi connectivity index (χ3n) is 4.41. The number of hydrogen-bond acceptors (Lipinski definition) is 5. The molecule has 2 N–H and O–H groups in total. The van der Waals surface area contributed by atoms with Crippen molar-refractivity contribution >= 4 is 33.4 Å². The van der Waals surface area contributed by atoms with Crippen LogP contribution in [0.3, 0.4) is 0 Å². The molecule has 0 bridgehead atoms. The minimum Gasteiger partial charge on any atom is -0.473 e. The molecular weight excluding hydrogens is 340 g/mol. The van der Waals surface area contributed by atoms with Gasteiger partial charge in [-0.15, -0.1) is 11.3 Å². The summed E-state index contributed by atoms with van der Waals surface area (Å²) in [5, 5.41) is 27.5. The monoisotopic (exact) mass is 360 g/mol. The topological polar surface area (TPSA) is 102 Å². The van der Waals surface area contributed by atoms with Gasteiger partial charge in [-0.25, -0.2) is 9.59 Å². The van der Waals surface area contributed by atoms with E-state index in [1.54, 1.807) is 11.3 Å². The van der Waals surface area contributed by atoms with E-state index in [9.17, 15) is 5.26 Å². The maximum Gasteiger partial charge on any atom is 0.414 e. The summed E-state index contributed by atoms with van der Waals surface area (Å²) < 4.78 is 1.16. The molecule has 6 nitrogen and oxygen atoms in total. The molecule has 2 aromatic rings. The molecule has 0 spiro atoms. The van der Waals surface area contributed by atoms with Crippen molar-refractivity contribution < 1.29 is 19.8 Å². The summed E-state index contributed by atoms with van der Waals surface area (Å²) in [6, 6.07) is 8.41. The summed E-state index contributed by atoms with van der Waals surface area (Å²) in [6.07, 6.45) is 2.49. The van der Waals surface area contributed by atoms with Crippen LogP contribution < -0.4 is 0 Å². The SMILES string of the molecule is CCN1CCC(c2csc3c(C#N)cccc23)CC1.O=C(O)C(=O)O. The number of nitriles is 1. The first kappa shape index (κ1) is 18.9. The summed E-state index contributed by atoms with van der Waals surface area (Å²) in [7, 11) is 0. The van der Waals surface area contributed by atoms with Crippen LogP contribution in [0.25, 0.3) is 10.1 Å². The average Bonchev–Trinajstić information content (AvgIpc) is 3.06. The molecule has 1 saturated heterocycles. The van der Waals surface area contributed by atoms with E-state index in [1.807, 2.05) is 12.1 Å². The minimum atomic E-state index is -1.82. The van der Waals surface area contributed by atoms with Crippen LogP contribution in [0, 0.1) is 11.3 Å². The Morgan fingerprint density at radius 2 is 1.92 bits per heavy atom. The molecule has 1 aliphatic heterocycles. The van der Waals surface area contributed by atoms with Crippen LogP contribution in [-0.2, 0) is 9.59 Å². The number of fused-ring (bicyclic) bond motifs is 1. The normalized spacial score (nSPS) is 15.2. The van der Waals surface area contributed by atoms with Crippen LogP contribution in [0.2, 0.25) is 0 Å². The second-order valence-electron chi connectivity index (χ2n) is 5.80. The number of nitrogens with zero attached hydrogens (tertiary/aromatic N) is 2. The van der Waals surface area contributed by atoms with Gasteiger partial charge in [-0.1, -0.05) is 19.1 Å². The number of carbonyl (C=O) groups is 2. The number of carboxylic acid groups (broad SMARTS) is 2. The van der Waals surface area contributed by atoms with Gasteiger partial charge in [0, 0.05) is 0 Å². The zero-order valence-electron chi connectivity index (χ0n) is 13.9. The van der Waals surface area contributed by atoms with Gasteiger partial charge in [-0.05, 0) is 60.8 Å². The smallest absolute Gasteiger partial charge is 0.414 e. The number of aliphatic carboxylic acids is 2. The highest BCUT2D eigenvalue weighted by atomic mass is 32.1. The van der Waals surface area contributed by atoms with Crippen molar-refractivity contribution in [1.82, 2.24) is 4.90 Å². The highest BCUT2D eigenvalue weighted by Gasteiger charge is 2.22. The lowest BCUT2D eigenvalue weighted by atomic mass is 9.89. The predicted molar refractivity (Wildman–Crippen MR) is 95.9 cm³/mol. The van der Waals surface area contributed by atoms with E-state index in [2.05, 4.69) is 29.3 Å². The quantitative estimate of drug-likeness (QED) is 0.798. The van der Waals surface area contributed by atoms with Crippen LogP contribution in [0.15, 0.2) is 23.6 Å². The van der Waals surface area contributed by atoms with Crippen LogP contribution in [0.4, 0.5) is 0 Å². The van der Waals surface area contributed by atoms with Crippen molar-refractivity contribution in [2.45, 2.75) is 25.7 Å². The van der Waals surface area contributed by atoms with Gasteiger partial charge in [0.05, 0.1) is 10.3 Å². The summed E-state index contributed by atoms with van der Waals surface area (Å²) in [4.78, 5) is 20.7. The van der Waals surface area contributed by atoms with Crippen LogP contribution in [0.1, 0.15) is 36.8 Å². The summed E-state index contributed by atoms with van der Waals surface area (Å²) in [6.45, 7) is 5.81. The van der Waals surface area contributed by atoms with E-state index < -0.39 is 11.9 Å². The van der Waals surface area contributed by atoms with Gasteiger partial charge in [0.25, 0.3) is 0 Å². The molecule has 1 aromatic carbocycles. The fraction of sp³-hybridized carbons (Fsp3) is 0.389. The first-order valence-electron chi connectivity index (χ1n) is 8.06. The molecule has 0 amide bonds. The molecule has 25 heavy (non-hydrogen) atoms. The van der Waals surface area contributed by atoms with Crippen molar-refractivity contribution in [3.05, 3.63) is 34.7 Å². The van der Waals surface area contributed by atoms with E-state index in [0.717, 1.165) is 16.8 Å². The van der Waals surface area contributed by atoms with Crippen LogP contribution >= 0.6 is 11.3 Å². The number of hydrogen-bond donors (Lipinski definition) is 2. The predicted octanol–water partition coefficient (Wildman–Crippen LogP) is 3.13. The molecular formula is C18H20N2O4S. The lowest BCUT2D eigenvalue weighted by Gasteiger charge is -2.31. The fourth-order valence-corrected chi connectivity index (χ4v) is 4.16. The van der Waals surface area contributed by atoms with Crippen LogP contribution in [-0.4, -0.2) is 46.7 Å². The maximum atomic E-state index is 9.17. The Balaban J connectivity index is 0.000000326. The molecule has 132 valence electrons. The van der Waals surface area contributed by atoms with Crippen molar-refractivity contribution in [3.8, 4) is 6.07 Å². The Morgan fingerprint density at radius 3 is 2.44 bits per heavy atom. The number of rotatable bonds is 2. The van der Waals surface area contributed by atoms with E-state index in [1.165, 1.54) is 36.9 Å². The number of likely N-dealkylation sites (tertiary alicyclic amines) is 1. The Morgan fingerprint density at radius 1 is 1.28 bits per heavy atom. The average molecular weight is 360 g/mol. The summed E-state index contributed by atoms with van der Waals surface area (Å²) in [5.74, 6) is -2.98. The van der Waals surface area contributed by atoms with E-state index >= 15 is 0 Å². The molecule has 0 unspecified atom stereocenters. The molecule has 2 heterocycles. The number of piperidine rings is 1. The Hall–Kier alpha value is -2.43. The molecule has 7 heteroatoms. The van der Waals surface area contributed by atoms with Gasteiger partial charge >= 0.3 is 11.9 Å². The molecule has 1 fully saturated rings. The maximum absolute atomic E-state index is 9.17. The van der Waals surface area contributed by atoms with Gasteiger partial charge in [0.15, 0.2) is 0 Å². The summed E-state index contributed by atoms with van der Waals surface area (Å²) in [5.41, 5.74) is 2.28. The zero-order chi connectivity index (χ0) is 18.4. The highest BCUT2D eigenvalue weighted by molar-refractivity contribution is 7.17. The fourth-order valence-electron chi connectivity index (χ4n) is 3.04. The van der Waals surface area contributed by atoms with E-state index in [4.69, 9.17) is 19.8 Å². The Labute approximate surface area is 149 Å². The number of carboxylic acids is 2. The van der Waals surface area contributed by atoms with Gasteiger partial charge in [0.1, 0.15) is 6.07 Å². The Bertz CT molecular complexity index is 789. The van der Waals surface area contributed by atoms with E-state index in [0.29, 0.717) is 5.92 Å². The van der Waals surface area contributed by atoms with Crippen molar-refractivity contribution in [2.24, 2.45) is 0 Å². The first-order valence-corrected chi connectivity index (χ1v) is 8.94. The second kappa shape index (κ2) is 8.60. The highest BCUT2D eigenvalue weighted by Crippen LogP contribution is 2.37. The molecule has 1 aliphatic rings. The zero-order valence-corrected chi connectivity index (χ0v) is 14.8. The molecule has 1 aromatic heterocycles. The largest absolute Gasteiger partial charge is 0.473 e. The van der Waals surface area contributed by atoms with Crippen LogP contribution in [0.5, 0.6) is 0 Å². The minimum absolute atomic E-state index is 0.672. The van der Waals surface area contributed by atoms with Gasteiger partial charge in [0.2, 0.25) is 0 Å².